The summed E-state index contributed by atoms with van der Waals surface area (Å²) < 4.78 is 10.6. The molecule has 0 aromatic rings. The summed E-state index contributed by atoms with van der Waals surface area (Å²) in [5, 5.41) is 3.40. The summed E-state index contributed by atoms with van der Waals surface area (Å²) in [7, 11) is 1.47. The molecule has 1 N–H and O–H groups in total. The lowest BCUT2D eigenvalue weighted by Crippen LogP contribution is -2.47. The maximum atomic E-state index is 12.1. The second-order valence-corrected chi connectivity index (χ2v) is 6.23. The zero-order valence-electron chi connectivity index (χ0n) is 12.9. The summed E-state index contributed by atoms with van der Waals surface area (Å²) >= 11 is 0. The van der Waals surface area contributed by atoms with Crippen molar-refractivity contribution in [1.29, 1.82) is 0 Å². The minimum atomic E-state index is -0.213. The second kappa shape index (κ2) is 7.23. The van der Waals surface area contributed by atoms with Gasteiger partial charge in [0.1, 0.15) is 6.04 Å². The van der Waals surface area contributed by atoms with Crippen molar-refractivity contribution in [2.45, 2.75) is 51.7 Å². The molecule has 0 bridgehead atoms. The lowest BCUT2D eigenvalue weighted by molar-refractivity contribution is -0.145. The zero-order valence-corrected chi connectivity index (χ0v) is 12.9. The number of esters is 1. The Kier molecular flexibility index (Phi) is 5.61. The van der Waals surface area contributed by atoms with Crippen LogP contribution in [-0.2, 0) is 14.3 Å². The highest BCUT2D eigenvalue weighted by atomic mass is 16.5. The summed E-state index contributed by atoms with van der Waals surface area (Å²) in [5.74, 6) is 0.712. The van der Waals surface area contributed by atoms with Gasteiger partial charge >= 0.3 is 5.97 Å². The summed E-state index contributed by atoms with van der Waals surface area (Å²) in [6.07, 6.45) is 6.78. The number of carbonyl (C=O) groups excluding carboxylic acids is 1. The largest absolute Gasteiger partial charge is 0.468 e. The Morgan fingerprint density at radius 1 is 1.60 bits per heavy atom. The van der Waals surface area contributed by atoms with E-state index in [2.05, 4.69) is 25.2 Å². The number of carbonyl (C=O) groups is 1. The van der Waals surface area contributed by atoms with Crippen molar-refractivity contribution in [2.75, 3.05) is 20.3 Å². The minimum absolute atomic E-state index is 0.144. The van der Waals surface area contributed by atoms with Gasteiger partial charge in [-0.15, -0.1) is 0 Å². The van der Waals surface area contributed by atoms with E-state index in [0.29, 0.717) is 11.8 Å². The van der Waals surface area contributed by atoms with Gasteiger partial charge < -0.3 is 14.8 Å². The number of hydrogen-bond acceptors (Lipinski definition) is 4. The lowest BCUT2D eigenvalue weighted by Gasteiger charge is -2.32. The maximum Gasteiger partial charge on any atom is 0.323 e. The van der Waals surface area contributed by atoms with Crippen LogP contribution in [0.1, 0.15) is 39.5 Å². The second-order valence-electron chi connectivity index (χ2n) is 6.23. The van der Waals surface area contributed by atoms with E-state index in [9.17, 15) is 4.79 Å². The fourth-order valence-electron chi connectivity index (χ4n) is 3.48. The average molecular weight is 281 g/mol. The summed E-state index contributed by atoms with van der Waals surface area (Å²) in [5.41, 5.74) is 1.38. The molecule has 1 saturated heterocycles. The highest BCUT2D eigenvalue weighted by Gasteiger charge is 2.32. The first-order chi connectivity index (χ1) is 9.60. The highest BCUT2D eigenvalue weighted by Crippen LogP contribution is 2.30. The smallest absolute Gasteiger partial charge is 0.323 e. The van der Waals surface area contributed by atoms with Crippen molar-refractivity contribution in [3.63, 3.8) is 0 Å². The number of allylic oxidation sites excluding steroid dienone is 2. The molecule has 0 saturated carbocycles. The van der Waals surface area contributed by atoms with Gasteiger partial charge in [0.25, 0.3) is 0 Å². The van der Waals surface area contributed by atoms with Crippen molar-refractivity contribution < 1.29 is 14.3 Å². The molecule has 0 spiro atoms. The molecule has 4 unspecified atom stereocenters. The van der Waals surface area contributed by atoms with Gasteiger partial charge in [-0.05, 0) is 44.4 Å². The van der Waals surface area contributed by atoms with Crippen molar-refractivity contribution in [3.8, 4) is 0 Å². The van der Waals surface area contributed by atoms with Gasteiger partial charge in [-0.25, -0.2) is 0 Å². The molecule has 0 amide bonds. The zero-order chi connectivity index (χ0) is 14.5. The Morgan fingerprint density at radius 3 is 3.00 bits per heavy atom. The average Bonchev–Trinajstić information content (AvgIpc) is 2.90. The van der Waals surface area contributed by atoms with Crippen LogP contribution in [0.15, 0.2) is 11.6 Å². The number of rotatable bonds is 5. The SMILES string of the molecule is COC(=O)C(NCC1CCCO1)C1CC(C)=CC(C)C1. The van der Waals surface area contributed by atoms with Gasteiger partial charge in [0.05, 0.1) is 13.2 Å². The molecular formula is C16H27NO3. The van der Waals surface area contributed by atoms with Gasteiger partial charge in [0.2, 0.25) is 0 Å². The minimum Gasteiger partial charge on any atom is -0.468 e. The van der Waals surface area contributed by atoms with E-state index in [1.54, 1.807) is 0 Å². The first kappa shape index (κ1) is 15.5. The van der Waals surface area contributed by atoms with E-state index < -0.39 is 0 Å². The molecule has 2 aliphatic rings. The third-order valence-corrected chi connectivity index (χ3v) is 4.34. The third-order valence-electron chi connectivity index (χ3n) is 4.34. The van der Waals surface area contributed by atoms with Crippen LogP contribution in [0.3, 0.4) is 0 Å². The first-order valence-electron chi connectivity index (χ1n) is 7.70. The number of methoxy groups -OCH3 is 1. The van der Waals surface area contributed by atoms with E-state index in [4.69, 9.17) is 9.47 Å². The van der Waals surface area contributed by atoms with Gasteiger partial charge in [0.15, 0.2) is 0 Å². The van der Waals surface area contributed by atoms with Gasteiger partial charge in [-0.2, -0.15) is 0 Å². The van der Waals surface area contributed by atoms with Crippen LogP contribution in [-0.4, -0.2) is 38.4 Å². The number of ether oxygens (including phenoxy) is 2. The Labute approximate surface area is 121 Å². The monoisotopic (exact) mass is 281 g/mol. The Balaban J connectivity index is 1.95. The summed E-state index contributed by atoms with van der Waals surface area (Å²) in [4.78, 5) is 12.1. The van der Waals surface area contributed by atoms with Gasteiger partial charge in [-0.3, -0.25) is 4.79 Å². The van der Waals surface area contributed by atoms with E-state index in [-0.39, 0.29) is 18.1 Å². The third kappa shape index (κ3) is 4.06. The van der Waals surface area contributed by atoms with Crippen LogP contribution in [0.5, 0.6) is 0 Å². The normalized spacial score (nSPS) is 31.8. The van der Waals surface area contributed by atoms with Crippen molar-refractivity contribution in [2.24, 2.45) is 11.8 Å². The number of hydrogen-bond donors (Lipinski definition) is 1. The standard InChI is InChI=1S/C16H27NO3/c1-11-7-12(2)9-13(8-11)15(16(18)19-3)17-10-14-5-4-6-20-14/h7,11,13-15,17H,4-6,8-10H2,1-3H3. The molecule has 0 aromatic heterocycles. The van der Waals surface area contributed by atoms with Crippen molar-refractivity contribution in [1.82, 2.24) is 5.32 Å². The molecule has 20 heavy (non-hydrogen) atoms. The van der Waals surface area contributed by atoms with E-state index >= 15 is 0 Å². The van der Waals surface area contributed by atoms with Crippen LogP contribution in [0.25, 0.3) is 0 Å². The van der Waals surface area contributed by atoms with Crippen LogP contribution in [0.2, 0.25) is 0 Å². The molecule has 1 aliphatic carbocycles. The Hall–Kier alpha value is -0.870. The van der Waals surface area contributed by atoms with Gasteiger partial charge in [0, 0.05) is 13.2 Å². The van der Waals surface area contributed by atoms with Gasteiger partial charge in [-0.1, -0.05) is 18.6 Å². The summed E-state index contributed by atoms with van der Waals surface area (Å²) in [6.45, 7) is 5.95. The van der Waals surface area contributed by atoms with E-state index in [0.717, 1.165) is 38.8 Å². The molecule has 4 heteroatoms. The first-order valence-corrected chi connectivity index (χ1v) is 7.70. The molecule has 4 nitrogen and oxygen atoms in total. The van der Waals surface area contributed by atoms with Crippen LogP contribution < -0.4 is 5.32 Å². The lowest BCUT2D eigenvalue weighted by atomic mass is 9.79. The molecule has 1 fully saturated rings. The molecular weight excluding hydrogens is 254 g/mol. The predicted molar refractivity (Wildman–Crippen MR) is 78.4 cm³/mol. The topological polar surface area (TPSA) is 47.6 Å². The fourth-order valence-corrected chi connectivity index (χ4v) is 3.48. The molecule has 1 heterocycles. The maximum absolute atomic E-state index is 12.1. The fraction of sp³-hybridized carbons (Fsp3) is 0.812. The highest BCUT2D eigenvalue weighted by molar-refractivity contribution is 5.76. The van der Waals surface area contributed by atoms with E-state index in [1.165, 1.54) is 12.7 Å². The van der Waals surface area contributed by atoms with Crippen LogP contribution >= 0.6 is 0 Å². The molecule has 0 radical (unpaired) electrons. The van der Waals surface area contributed by atoms with Crippen molar-refractivity contribution in [3.05, 3.63) is 11.6 Å². The Morgan fingerprint density at radius 2 is 2.40 bits per heavy atom. The van der Waals surface area contributed by atoms with Crippen LogP contribution in [0.4, 0.5) is 0 Å². The molecule has 0 aromatic carbocycles. The predicted octanol–water partition coefficient (Wildman–Crippen LogP) is 2.29. The van der Waals surface area contributed by atoms with Crippen LogP contribution in [0, 0.1) is 11.8 Å². The quantitative estimate of drug-likeness (QED) is 0.620. The molecule has 2 rings (SSSR count). The Bertz CT molecular complexity index is 361. The van der Waals surface area contributed by atoms with Crippen molar-refractivity contribution >= 4 is 5.97 Å². The number of nitrogens with one attached hydrogen (secondary N) is 1. The molecule has 4 atom stereocenters. The molecule has 114 valence electrons. The van der Waals surface area contributed by atoms with E-state index in [1.807, 2.05) is 0 Å². The summed E-state index contributed by atoms with van der Waals surface area (Å²) in [6, 6.07) is -0.213. The molecule has 1 aliphatic heterocycles.